The molecule has 0 unspecified atom stereocenters. The Hall–Kier alpha value is -1.86. The van der Waals surface area contributed by atoms with Gasteiger partial charge in [-0.1, -0.05) is 12.1 Å². The van der Waals surface area contributed by atoms with Crippen LogP contribution in [0.4, 0.5) is 5.95 Å². The molecule has 3 aromatic rings. The lowest BCUT2D eigenvalue weighted by Gasteiger charge is -2.05. The maximum absolute atomic E-state index is 11.8. The van der Waals surface area contributed by atoms with Gasteiger partial charge in [-0.25, -0.2) is 13.4 Å². The van der Waals surface area contributed by atoms with Gasteiger partial charge in [-0.05, 0) is 30.0 Å². The van der Waals surface area contributed by atoms with E-state index in [0.29, 0.717) is 18.0 Å². The summed E-state index contributed by atoms with van der Waals surface area (Å²) in [5, 5.41) is 2.03. The molecule has 110 valence electrons. The van der Waals surface area contributed by atoms with Crippen molar-refractivity contribution in [1.29, 1.82) is 0 Å². The molecule has 0 atom stereocenters. The molecule has 5 nitrogen and oxygen atoms in total. The Morgan fingerprint density at radius 2 is 2.10 bits per heavy atom. The Bertz CT molecular complexity index is 880. The van der Waals surface area contributed by atoms with Crippen LogP contribution in [0, 0.1) is 0 Å². The number of anilines is 1. The molecule has 7 heteroatoms. The van der Waals surface area contributed by atoms with Crippen LogP contribution in [0.2, 0.25) is 0 Å². The van der Waals surface area contributed by atoms with Crippen molar-refractivity contribution in [2.45, 2.75) is 17.9 Å². The summed E-state index contributed by atoms with van der Waals surface area (Å²) in [5.74, 6) is 0.345. The molecule has 0 aliphatic carbocycles. The summed E-state index contributed by atoms with van der Waals surface area (Å²) in [7, 11) is -3.32. The van der Waals surface area contributed by atoms with Gasteiger partial charge in [0.25, 0.3) is 0 Å². The fourth-order valence-electron chi connectivity index (χ4n) is 2.35. The monoisotopic (exact) mass is 321 g/mol. The van der Waals surface area contributed by atoms with Crippen molar-refractivity contribution in [3.63, 3.8) is 0 Å². The molecular formula is C14H15N3O2S2. The standard InChI is InChI=1S/C14H15N3O2S2/c1-21(18,19)12-6-2-5-11-13(12)16-14(15)17(11)8-7-10-4-3-9-20-10/h2-6,9H,7-8H2,1H3,(H2,15,16). The van der Waals surface area contributed by atoms with Crippen LogP contribution in [0.1, 0.15) is 4.88 Å². The second-order valence-corrected chi connectivity index (χ2v) is 7.86. The van der Waals surface area contributed by atoms with Crippen molar-refractivity contribution in [2.75, 3.05) is 12.0 Å². The molecule has 2 N–H and O–H groups in total. The van der Waals surface area contributed by atoms with Crippen molar-refractivity contribution in [2.24, 2.45) is 0 Å². The molecule has 2 aromatic heterocycles. The number of rotatable bonds is 4. The van der Waals surface area contributed by atoms with E-state index in [4.69, 9.17) is 5.73 Å². The van der Waals surface area contributed by atoms with Crippen LogP contribution < -0.4 is 5.73 Å². The van der Waals surface area contributed by atoms with E-state index < -0.39 is 9.84 Å². The number of aromatic nitrogens is 2. The average Bonchev–Trinajstić information content (AvgIpc) is 3.01. The molecule has 0 saturated heterocycles. The topological polar surface area (TPSA) is 78.0 Å². The van der Waals surface area contributed by atoms with E-state index in [1.165, 1.54) is 11.1 Å². The van der Waals surface area contributed by atoms with E-state index >= 15 is 0 Å². The first-order valence-electron chi connectivity index (χ1n) is 6.44. The highest BCUT2D eigenvalue weighted by molar-refractivity contribution is 7.91. The normalized spacial score (nSPS) is 12.0. The molecule has 21 heavy (non-hydrogen) atoms. The highest BCUT2D eigenvalue weighted by Gasteiger charge is 2.17. The Morgan fingerprint density at radius 1 is 1.29 bits per heavy atom. The summed E-state index contributed by atoms with van der Waals surface area (Å²) in [6.45, 7) is 0.677. The predicted molar refractivity (Wildman–Crippen MR) is 85.3 cm³/mol. The van der Waals surface area contributed by atoms with E-state index in [0.717, 1.165) is 11.9 Å². The summed E-state index contributed by atoms with van der Waals surface area (Å²) >= 11 is 1.69. The smallest absolute Gasteiger partial charge is 0.201 e. The number of hydrogen-bond acceptors (Lipinski definition) is 5. The van der Waals surface area contributed by atoms with E-state index in [1.807, 2.05) is 22.1 Å². The summed E-state index contributed by atoms with van der Waals surface area (Å²) in [5.41, 5.74) is 7.17. The van der Waals surface area contributed by atoms with Crippen LogP contribution >= 0.6 is 11.3 Å². The molecule has 0 saturated carbocycles. The molecule has 0 spiro atoms. The lowest BCUT2D eigenvalue weighted by molar-refractivity contribution is 0.602. The van der Waals surface area contributed by atoms with Crippen LogP contribution in [0.3, 0.4) is 0 Å². The zero-order chi connectivity index (χ0) is 15.0. The largest absolute Gasteiger partial charge is 0.369 e. The third-order valence-electron chi connectivity index (χ3n) is 3.33. The van der Waals surface area contributed by atoms with Crippen LogP contribution in [0.25, 0.3) is 11.0 Å². The first-order valence-corrected chi connectivity index (χ1v) is 9.21. The van der Waals surface area contributed by atoms with Gasteiger partial charge in [-0.2, -0.15) is 0 Å². The van der Waals surface area contributed by atoms with Gasteiger partial charge < -0.3 is 10.3 Å². The maximum Gasteiger partial charge on any atom is 0.201 e. The van der Waals surface area contributed by atoms with Crippen molar-refractivity contribution >= 4 is 38.2 Å². The molecule has 0 radical (unpaired) electrons. The van der Waals surface area contributed by atoms with Gasteiger partial charge in [0.05, 0.1) is 10.4 Å². The number of benzene rings is 1. The minimum absolute atomic E-state index is 0.224. The lowest BCUT2D eigenvalue weighted by atomic mass is 10.3. The summed E-state index contributed by atoms with van der Waals surface area (Å²) in [4.78, 5) is 5.73. The summed E-state index contributed by atoms with van der Waals surface area (Å²) in [6, 6.07) is 9.22. The summed E-state index contributed by atoms with van der Waals surface area (Å²) < 4.78 is 25.5. The zero-order valence-electron chi connectivity index (χ0n) is 11.5. The average molecular weight is 321 g/mol. The van der Waals surface area contributed by atoms with Crippen molar-refractivity contribution < 1.29 is 8.42 Å². The SMILES string of the molecule is CS(=O)(=O)c1cccc2c1nc(N)n2CCc1cccs1. The van der Waals surface area contributed by atoms with E-state index in [2.05, 4.69) is 11.1 Å². The molecular weight excluding hydrogens is 306 g/mol. The zero-order valence-corrected chi connectivity index (χ0v) is 13.1. The maximum atomic E-state index is 11.8. The fourth-order valence-corrected chi connectivity index (χ4v) is 3.88. The molecule has 0 amide bonds. The molecule has 3 rings (SSSR count). The minimum atomic E-state index is -3.32. The predicted octanol–water partition coefficient (Wildman–Crippen LogP) is 2.33. The van der Waals surface area contributed by atoms with Gasteiger partial charge in [0, 0.05) is 17.7 Å². The number of nitrogens with zero attached hydrogens (tertiary/aromatic N) is 2. The number of imidazole rings is 1. The number of sulfone groups is 1. The molecule has 2 heterocycles. The molecule has 0 aliphatic rings. The number of aryl methyl sites for hydroxylation is 2. The van der Waals surface area contributed by atoms with Gasteiger partial charge >= 0.3 is 0 Å². The lowest BCUT2D eigenvalue weighted by Crippen LogP contribution is -2.05. The van der Waals surface area contributed by atoms with Gasteiger partial charge in [-0.3, -0.25) is 0 Å². The van der Waals surface area contributed by atoms with Crippen LogP contribution in [0.15, 0.2) is 40.6 Å². The Balaban J connectivity index is 2.05. The highest BCUT2D eigenvalue weighted by atomic mass is 32.2. The minimum Gasteiger partial charge on any atom is -0.369 e. The number of nitrogen functional groups attached to an aromatic ring is 1. The second kappa shape index (κ2) is 5.16. The van der Waals surface area contributed by atoms with E-state index in [-0.39, 0.29) is 4.90 Å². The number of fused-ring (bicyclic) bond motifs is 1. The Kier molecular flexibility index (Phi) is 3.46. The van der Waals surface area contributed by atoms with Crippen molar-refractivity contribution in [3.8, 4) is 0 Å². The third-order valence-corrected chi connectivity index (χ3v) is 5.40. The summed E-state index contributed by atoms with van der Waals surface area (Å²) in [6.07, 6.45) is 2.03. The van der Waals surface area contributed by atoms with Crippen LogP contribution in [-0.2, 0) is 22.8 Å². The molecule has 0 fully saturated rings. The van der Waals surface area contributed by atoms with Crippen LogP contribution in [0.5, 0.6) is 0 Å². The number of hydrogen-bond donors (Lipinski definition) is 1. The van der Waals surface area contributed by atoms with Crippen molar-refractivity contribution in [3.05, 3.63) is 40.6 Å². The second-order valence-electron chi connectivity index (χ2n) is 4.85. The molecule has 1 aromatic carbocycles. The quantitative estimate of drug-likeness (QED) is 0.800. The van der Waals surface area contributed by atoms with Gasteiger partial charge in [0.2, 0.25) is 5.95 Å². The Labute approximate surface area is 127 Å². The van der Waals surface area contributed by atoms with E-state index in [1.54, 1.807) is 23.5 Å². The molecule has 0 aliphatic heterocycles. The fraction of sp³-hybridized carbons (Fsp3) is 0.214. The van der Waals surface area contributed by atoms with Crippen LogP contribution in [-0.4, -0.2) is 24.2 Å². The number of thiophene rings is 1. The molecule has 0 bridgehead atoms. The first kappa shape index (κ1) is 14.1. The van der Waals surface area contributed by atoms with Gasteiger partial charge in [-0.15, -0.1) is 11.3 Å². The van der Waals surface area contributed by atoms with Gasteiger partial charge in [0.1, 0.15) is 5.52 Å². The number of nitrogens with two attached hydrogens (primary N) is 1. The highest BCUT2D eigenvalue weighted by Crippen LogP contribution is 2.25. The van der Waals surface area contributed by atoms with Gasteiger partial charge in [0.15, 0.2) is 9.84 Å². The van der Waals surface area contributed by atoms with E-state index in [9.17, 15) is 8.42 Å². The third kappa shape index (κ3) is 2.66. The first-order chi connectivity index (χ1) is 9.97. The van der Waals surface area contributed by atoms with Crippen molar-refractivity contribution in [1.82, 2.24) is 9.55 Å². The Morgan fingerprint density at radius 3 is 2.76 bits per heavy atom. The number of para-hydroxylation sites is 1.